The zero-order chi connectivity index (χ0) is 22.5. The molecule has 0 aliphatic rings. The van der Waals surface area contributed by atoms with Crippen molar-refractivity contribution in [3.63, 3.8) is 0 Å². The highest BCUT2D eigenvalue weighted by Crippen LogP contribution is 2.29. The van der Waals surface area contributed by atoms with Crippen LogP contribution in [0, 0.1) is 17.5 Å². The van der Waals surface area contributed by atoms with E-state index in [0.717, 1.165) is 11.3 Å². The van der Waals surface area contributed by atoms with Gasteiger partial charge in [0.25, 0.3) is 5.91 Å². The van der Waals surface area contributed by atoms with Crippen molar-refractivity contribution in [1.29, 1.82) is 0 Å². The Bertz CT molecular complexity index is 1260. The molecule has 0 bridgehead atoms. The molecule has 8 heteroatoms. The van der Waals surface area contributed by atoms with E-state index in [1.807, 2.05) is 0 Å². The second-order valence-electron chi connectivity index (χ2n) is 6.91. The third kappa shape index (κ3) is 5.33. The lowest BCUT2D eigenvalue weighted by Gasteiger charge is -2.08. The van der Waals surface area contributed by atoms with Gasteiger partial charge in [-0.05, 0) is 47.5 Å². The number of thiazole rings is 1. The molecule has 1 amide bonds. The molecular formula is C24H17F3N2O2S. The summed E-state index contributed by atoms with van der Waals surface area (Å²) in [4.78, 5) is 16.5. The fourth-order valence-corrected chi connectivity index (χ4v) is 3.80. The van der Waals surface area contributed by atoms with Crippen LogP contribution in [0.4, 0.5) is 13.2 Å². The molecule has 1 heterocycles. The summed E-state index contributed by atoms with van der Waals surface area (Å²) in [7, 11) is 0. The van der Waals surface area contributed by atoms with Crippen molar-refractivity contribution in [2.24, 2.45) is 0 Å². The minimum absolute atomic E-state index is 0.101. The number of ether oxygens (including phenoxy) is 1. The molecule has 1 aromatic heterocycles. The Hall–Kier alpha value is -3.65. The molecule has 0 fully saturated rings. The van der Waals surface area contributed by atoms with Crippen LogP contribution in [-0.4, -0.2) is 10.9 Å². The maximum atomic E-state index is 14.6. The molecule has 4 nitrogen and oxygen atoms in total. The van der Waals surface area contributed by atoms with Crippen LogP contribution >= 0.6 is 11.3 Å². The molecule has 0 spiro atoms. The van der Waals surface area contributed by atoms with Crippen LogP contribution in [-0.2, 0) is 13.2 Å². The van der Waals surface area contributed by atoms with Crippen LogP contribution in [0.25, 0.3) is 10.6 Å². The fourth-order valence-electron chi connectivity index (χ4n) is 2.97. The lowest BCUT2D eigenvalue weighted by Crippen LogP contribution is -2.23. The number of rotatable bonds is 7. The van der Waals surface area contributed by atoms with Gasteiger partial charge in [0.15, 0.2) is 0 Å². The fraction of sp³-hybridized carbons (Fsp3) is 0.0833. The standard InChI is InChI=1S/C24H17F3N2O2S/c25-17-5-1-3-15(9-17)12-28-23(30)22-14-32-24(29-22)20-8-7-19(11-21(20)27)31-13-16-4-2-6-18(26)10-16/h1-11,14H,12-13H2,(H,28,30). The van der Waals surface area contributed by atoms with Crippen molar-refractivity contribution in [1.82, 2.24) is 10.3 Å². The Balaban J connectivity index is 1.40. The summed E-state index contributed by atoms with van der Waals surface area (Å²) in [6, 6.07) is 16.2. The number of nitrogens with zero attached hydrogens (tertiary/aromatic N) is 1. The number of benzene rings is 3. The van der Waals surface area contributed by atoms with E-state index >= 15 is 0 Å². The summed E-state index contributed by atoms with van der Waals surface area (Å²) >= 11 is 1.13. The molecule has 4 aromatic rings. The van der Waals surface area contributed by atoms with E-state index in [9.17, 15) is 18.0 Å². The van der Waals surface area contributed by atoms with Crippen LogP contribution in [0.5, 0.6) is 5.75 Å². The molecule has 0 saturated heterocycles. The highest BCUT2D eigenvalue weighted by Gasteiger charge is 2.15. The monoisotopic (exact) mass is 454 g/mol. The lowest BCUT2D eigenvalue weighted by atomic mass is 10.2. The van der Waals surface area contributed by atoms with Gasteiger partial charge in [-0.3, -0.25) is 4.79 Å². The second-order valence-corrected chi connectivity index (χ2v) is 7.77. The molecule has 162 valence electrons. The quantitative estimate of drug-likeness (QED) is 0.388. The highest BCUT2D eigenvalue weighted by atomic mass is 32.1. The minimum atomic E-state index is -0.553. The van der Waals surface area contributed by atoms with Crippen LogP contribution in [0.1, 0.15) is 21.6 Å². The summed E-state index contributed by atoms with van der Waals surface area (Å²) < 4.78 is 46.6. The molecule has 3 aromatic carbocycles. The third-order valence-electron chi connectivity index (χ3n) is 4.54. The summed E-state index contributed by atoms with van der Waals surface area (Å²) in [5, 5.41) is 4.54. The largest absolute Gasteiger partial charge is 0.489 e. The van der Waals surface area contributed by atoms with Gasteiger partial charge in [0.1, 0.15) is 40.5 Å². The van der Waals surface area contributed by atoms with E-state index < -0.39 is 11.7 Å². The first-order chi connectivity index (χ1) is 15.5. The van der Waals surface area contributed by atoms with Gasteiger partial charge in [-0.25, -0.2) is 18.2 Å². The molecule has 1 N–H and O–H groups in total. The predicted molar refractivity (Wildman–Crippen MR) is 116 cm³/mol. The second kappa shape index (κ2) is 9.65. The summed E-state index contributed by atoms with van der Waals surface area (Å²) in [6.45, 7) is 0.249. The molecule has 0 saturated carbocycles. The van der Waals surface area contributed by atoms with E-state index in [0.29, 0.717) is 21.9 Å². The number of carbonyl (C=O) groups is 1. The zero-order valence-electron chi connectivity index (χ0n) is 16.6. The molecule has 0 aliphatic heterocycles. The van der Waals surface area contributed by atoms with Gasteiger partial charge in [-0.1, -0.05) is 24.3 Å². The lowest BCUT2D eigenvalue weighted by molar-refractivity contribution is 0.0946. The Morgan fingerprint density at radius 2 is 1.66 bits per heavy atom. The molecule has 0 atom stereocenters. The van der Waals surface area contributed by atoms with Gasteiger partial charge >= 0.3 is 0 Å². The van der Waals surface area contributed by atoms with E-state index in [4.69, 9.17) is 4.74 Å². The number of carbonyl (C=O) groups excluding carboxylic acids is 1. The van der Waals surface area contributed by atoms with E-state index in [2.05, 4.69) is 10.3 Å². The van der Waals surface area contributed by atoms with Crippen molar-refractivity contribution in [3.8, 4) is 16.3 Å². The first kappa shape index (κ1) is 21.6. The predicted octanol–water partition coefficient (Wildman–Crippen LogP) is 5.74. The first-order valence-corrected chi connectivity index (χ1v) is 10.5. The molecule has 32 heavy (non-hydrogen) atoms. The normalized spacial score (nSPS) is 10.7. The number of hydrogen-bond acceptors (Lipinski definition) is 4. The SMILES string of the molecule is O=C(NCc1cccc(F)c1)c1csc(-c2ccc(OCc3cccc(F)c3)cc2F)n1. The van der Waals surface area contributed by atoms with Gasteiger partial charge in [0.05, 0.1) is 0 Å². The summed E-state index contributed by atoms with van der Waals surface area (Å²) in [6.07, 6.45) is 0. The summed E-state index contributed by atoms with van der Waals surface area (Å²) in [5.41, 5.74) is 1.63. The molecule has 0 radical (unpaired) electrons. The Morgan fingerprint density at radius 3 is 2.38 bits per heavy atom. The molecule has 4 rings (SSSR count). The summed E-state index contributed by atoms with van der Waals surface area (Å²) in [5.74, 6) is -1.45. The van der Waals surface area contributed by atoms with Crippen LogP contribution < -0.4 is 10.1 Å². The van der Waals surface area contributed by atoms with Crippen molar-refractivity contribution < 1.29 is 22.7 Å². The number of halogens is 3. The number of hydrogen-bond donors (Lipinski definition) is 1. The van der Waals surface area contributed by atoms with Crippen LogP contribution in [0.15, 0.2) is 72.1 Å². The number of aromatic nitrogens is 1. The molecule has 0 unspecified atom stereocenters. The smallest absolute Gasteiger partial charge is 0.271 e. The van der Waals surface area contributed by atoms with E-state index in [-0.39, 0.29) is 36.0 Å². The first-order valence-electron chi connectivity index (χ1n) is 9.63. The van der Waals surface area contributed by atoms with Gasteiger partial charge in [0.2, 0.25) is 0 Å². The minimum Gasteiger partial charge on any atom is -0.489 e. The topological polar surface area (TPSA) is 51.2 Å². The van der Waals surface area contributed by atoms with Gasteiger partial charge in [0, 0.05) is 23.6 Å². The Kier molecular flexibility index (Phi) is 6.51. The van der Waals surface area contributed by atoms with Gasteiger partial charge in [-0.2, -0.15) is 0 Å². The molecular weight excluding hydrogens is 437 g/mol. The average Bonchev–Trinajstić information content (AvgIpc) is 3.26. The van der Waals surface area contributed by atoms with Gasteiger partial charge < -0.3 is 10.1 Å². The number of nitrogens with one attached hydrogen (secondary N) is 1. The number of amides is 1. The third-order valence-corrected chi connectivity index (χ3v) is 5.42. The van der Waals surface area contributed by atoms with E-state index in [1.165, 1.54) is 41.8 Å². The van der Waals surface area contributed by atoms with Gasteiger partial charge in [-0.15, -0.1) is 11.3 Å². The molecule has 0 aliphatic carbocycles. The Labute approximate surface area is 186 Å². The van der Waals surface area contributed by atoms with Crippen LogP contribution in [0.3, 0.4) is 0 Å². The van der Waals surface area contributed by atoms with E-state index in [1.54, 1.807) is 30.3 Å². The average molecular weight is 454 g/mol. The maximum absolute atomic E-state index is 14.6. The van der Waals surface area contributed by atoms with Crippen molar-refractivity contribution in [2.75, 3.05) is 0 Å². The van der Waals surface area contributed by atoms with Crippen molar-refractivity contribution in [2.45, 2.75) is 13.2 Å². The maximum Gasteiger partial charge on any atom is 0.271 e. The van der Waals surface area contributed by atoms with Crippen molar-refractivity contribution >= 4 is 17.2 Å². The van der Waals surface area contributed by atoms with Crippen LogP contribution in [0.2, 0.25) is 0 Å². The zero-order valence-corrected chi connectivity index (χ0v) is 17.5. The van der Waals surface area contributed by atoms with Crippen molar-refractivity contribution in [3.05, 3.63) is 106 Å². The highest BCUT2D eigenvalue weighted by molar-refractivity contribution is 7.13. The Morgan fingerprint density at radius 1 is 0.938 bits per heavy atom.